The second kappa shape index (κ2) is 25.8. The van der Waals surface area contributed by atoms with Crippen molar-refractivity contribution in [3.63, 3.8) is 0 Å². The molecule has 0 amide bonds. The molecule has 0 aromatic heterocycles. The number of ketones is 1. The summed E-state index contributed by atoms with van der Waals surface area (Å²) in [5.74, 6) is -1.87. The van der Waals surface area contributed by atoms with Gasteiger partial charge in [0, 0.05) is 52.6 Å². The van der Waals surface area contributed by atoms with Crippen LogP contribution in [0.4, 0.5) is 18.9 Å². The minimum absolute atomic E-state index is 0.0372. The number of alkyl halides is 3. The summed E-state index contributed by atoms with van der Waals surface area (Å²) in [6, 6.07) is 33.8. The highest BCUT2D eigenvalue weighted by molar-refractivity contribution is 7.99. The number of phosphoric acid groups is 1. The number of phosphoric ester groups is 1. The number of thioether (sulfide) groups is 1. The molecule has 1 N–H and O–H groups in total. The lowest BCUT2D eigenvalue weighted by atomic mass is 9.84. The van der Waals surface area contributed by atoms with E-state index in [1.165, 1.54) is 23.9 Å². The molecular weight excluding hydrogens is 1080 g/mol. The van der Waals surface area contributed by atoms with Crippen molar-refractivity contribution in [2.24, 2.45) is 11.8 Å². The molecule has 2 aliphatic heterocycles. The second-order valence-electron chi connectivity index (χ2n) is 20.0. The molecule has 0 aliphatic carbocycles. The van der Waals surface area contributed by atoms with Crippen molar-refractivity contribution in [3.05, 3.63) is 143 Å². The van der Waals surface area contributed by atoms with Crippen molar-refractivity contribution in [2.45, 2.75) is 97.7 Å². The zero-order chi connectivity index (χ0) is 54.9. The lowest BCUT2D eigenvalue weighted by Gasteiger charge is -2.38. The van der Waals surface area contributed by atoms with Gasteiger partial charge in [-0.15, -0.1) is 11.8 Å². The number of anilines is 1. The van der Waals surface area contributed by atoms with Crippen LogP contribution in [0.2, 0.25) is 5.02 Å². The molecule has 13 nitrogen and oxygen atoms in total. The first kappa shape index (κ1) is 59.5. The van der Waals surface area contributed by atoms with Crippen molar-refractivity contribution in [2.75, 3.05) is 62.6 Å². The van der Waals surface area contributed by atoms with Crippen LogP contribution >= 0.6 is 31.2 Å². The minimum atomic E-state index is -6.03. The summed E-state index contributed by atoms with van der Waals surface area (Å²) in [7, 11) is -15.2. The number of carbonyl (C=O) groups excluding carboxylic acids is 1. The van der Waals surface area contributed by atoms with Gasteiger partial charge in [-0.25, -0.2) is 21.4 Å². The summed E-state index contributed by atoms with van der Waals surface area (Å²) in [5.41, 5.74) is -3.44. The number of morpholine rings is 1. The highest BCUT2D eigenvalue weighted by Gasteiger charge is 2.48. The molecule has 412 valence electrons. The number of hydrogen-bond acceptors (Lipinski definition) is 13. The van der Waals surface area contributed by atoms with E-state index < -0.39 is 72.8 Å². The Kier molecular flexibility index (Phi) is 20.2. The standard InChI is InChI=1S/C55H65ClF3N2O11PS3/c1-5-45-35-69-32-31-61(45)28-25-39(36-74-47-11-7-6-8-12-47)33-43-19-24-48(34-52(43)76(67,68)55(57,58)59)75(65,66)37-51(62)41-17-22-46(23-18-41)60-29-26-42(27-30-60)53(70-38-71-73(63,64)72-54(2,3)4)50-14-10-9-13-49(50)40-15-20-44(56)21-16-40/h6-24,34,39,42,45,53H,5,25-33,35-38H2,1-4H3,(H,63,64)/t39-,45-,53+/m0/s1. The molecule has 5 aromatic rings. The van der Waals surface area contributed by atoms with Gasteiger partial charge in [0.2, 0.25) is 0 Å². The van der Waals surface area contributed by atoms with E-state index in [4.69, 9.17) is 30.1 Å². The molecule has 1 unspecified atom stereocenters. The SMILES string of the molecule is CC[C@H]1COCCN1CC[C@H](CSc1ccccc1)Cc1ccc(S(=O)(=O)CC(=O)c2ccc(N3CCC([C@@H](OCOP(=O)(O)OC(C)(C)C)c4ccccc4-c4ccc(Cl)cc4)CC3)cc2)cc1S(=O)(=O)C(F)(F)F. The average Bonchev–Trinajstić information content (AvgIpc) is 3.38. The van der Waals surface area contributed by atoms with E-state index in [1.54, 1.807) is 45.0 Å². The Morgan fingerprint density at radius 1 is 0.895 bits per heavy atom. The first-order valence-electron chi connectivity index (χ1n) is 25.1. The predicted octanol–water partition coefficient (Wildman–Crippen LogP) is 12.3. The van der Waals surface area contributed by atoms with Crippen molar-refractivity contribution >= 4 is 62.3 Å². The quantitative estimate of drug-likeness (QED) is 0.0284. The maximum Gasteiger partial charge on any atom is 0.501 e. The van der Waals surface area contributed by atoms with E-state index in [0.717, 1.165) is 45.8 Å². The number of rotatable bonds is 23. The fraction of sp³-hybridized carbons (Fsp3) is 0.436. The van der Waals surface area contributed by atoms with Crippen LogP contribution < -0.4 is 4.90 Å². The molecular formula is C55H65ClF3N2O11PS3. The molecule has 5 aromatic carbocycles. The van der Waals surface area contributed by atoms with Gasteiger partial charge in [-0.3, -0.25) is 18.7 Å². The van der Waals surface area contributed by atoms with E-state index in [1.807, 2.05) is 66.7 Å². The summed E-state index contributed by atoms with van der Waals surface area (Å²) in [6.07, 6.45) is 1.95. The number of nitrogens with zero attached hydrogens (tertiary/aromatic N) is 2. The molecule has 0 bridgehead atoms. The highest BCUT2D eigenvalue weighted by atomic mass is 35.5. The maximum atomic E-state index is 14.4. The van der Waals surface area contributed by atoms with E-state index in [0.29, 0.717) is 75.5 Å². The number of benzene rings is 5. The highest BCUT2D eigenvalue weighted by Crippen LogP contribution is 2.48. The van der Waals surface area contributed by atoms with Crippen molar-refractivity contribution in [3.8, 4) is 11.1 Å². The largest absolute Gasteiger partial charge is 0.501 e. The number of carbonyl (C=O) groups is 1. The van der Waals surface area contributed by atoms with Crippen LogP contribution in [0.1, 0.15) is 81.0 Å². The number of halogens is 4. The van der Waals surface area contributed by atoms with Gasteiger partial charge in [0.25, 0.3) is 9.84 Å². The van der Waals surface area contributed by atoms with E-state index in [9.17, 15) is 44.3 Å². The molecule has 7 rings (SSSR count). The Labute approximate surface area is 453 Å². The monoisotopic (exact) mass is 1150 g/mol. The molecule has 2 heterocycles. The Morgan fingerprint density at radius 2 is 1.57 bits per heavy atom. The van der Waals surface area contributed by atoms with E-state index in [2.05, 4.69) is 16.7 Å². The summed E-state index contributed by atoms with van der Waals surface area (Å²) in [5, 5.41) is 0.575. The topological polar surface area (TPSA) is 166 Å². The zero-order valence-electron chi connectivity index (χ0n) is 42.9. The van der Waals surface area contributed by atoms with E-state index >= 15 is 0 Å². The number of ether oxygens (including phenoxy) is 2. The Bertz CT molecular complexity index is 3010. The molecule has 0 radical (unpaired) electrons. The van der Waals surface area contributed by atoms with Crippen LogP contribution in [0.3, 0.4) is 0 Å². The summed E-state index contributed by atoms with van der Waals surface area (Å²) >= 11 is 7.72. The van der Waals surface area contributed by atoms with E-state index in [-0.39, 0.29) is 35.4 Å². The molecule has 2 fully saturated rings. The maximum absolute atomic E-state index is 14.4. The lowest BCUT2D eigenvalue weighted by Crippen LogP contribution is -2.45. The normalized spacial score (nSPS) is 18.0. The lowest BCUT2D eigenvalue weighted by molar-refractivity contribution is -0.0830. The molecule has 0 saturated carbocycles. The number of Topliss-reactive ketones (excluding diaryl/α,β-unsaturated/α-hetero) is 1. The average molecular weight is 1150 g/mol. The van der Waals surface area contributed by atoms with Gasteiger partial charge >= 0.3 is 13.3 Å². The minimum Gasteiger partial charge on any atom is -0.378 e. The molecule has 0 spiro atoms. The summed E-state index contributed by atoms with van der Waals surface area (Å²) in [6.45, 7) is 9.92. The fourth-order valence-electron chi connectivity index (χ4n) is 9.58. The molecule has 21 heteroatoms. The van der Waals surface area contributed by atoms with Crippen LogP contribution in [0, 0.1) is 11.8 Å². The number of piperidine rings is 1. The van der Waals surface area contributed by atoms with Crippen molar-refractivity contribution in [1.29, 1.82) is 0 Å². The smallest absolute Gasteiger partial charge is 0.378 e. The Morgan fingerprint density at radius 3 is 2.22 bits per heavy atom. The van der Waals surface area contributed by atoms with Crippen LogP contribution in [0.5, 0.6) is 0 Å². The third-order valence-electron chi connectivity index (χ3n) is 13.5. The summed E-state index contributed by atoms with van der Waals surface area (Å²) in [4.78, 5) is 27.5. The van der Waals surface area contributed by atoms with Crippen molar-refractivity contribution < 1.29 is 62.8 Å². The van der Waals surface area contributed by atoms with Crippen LogP contribution in [-0.2, 0) is 49.2 Å². The van der Waals surface area contributed by atoms with Gasteiger partial charge in [-0.05, 0) is 154 Å². The third-order valence-corrected chi connectivity index (χ3v) is 19.4. The van der Waals surface area contributed by atoms with Gasteiger partial charge in [0.05, 0.1) is 34.7 Å². The van der Waals surface area contributed by atoms with Crippen LogP contribution in [-0.4, -0.2) is 107 Å². The summed E-state index contributed by atoms with van der Waals surface area (Å²) < 4.78 is 133. The molecule has 2 saturated heterocycles. The van der Waals surface area contributed by atoms with Gasteiger partial charge in [-0.1, -0.05) is 79.2 Å². The molecule has 4 atom stereocenters. The number of sulfone groups is 2. The molecule has 76 heavy (non-hydrogen) atoms. The second-order valence-corrected chi connectivity index (χ2v) is 26.8. The van der Waals surface area contributed by atoms with Crippen molar-refractivity contribution in [1.82, 2.24) is 4.90 Å². The third kappa shape index (κ3) is 16.0. The van der Waals surface area contributed by atoms with Gasteiger partial charge < -0.3 is 19.3 Å². The predicted molar refractivity (Wildman–Crippen MR) is 290 cm³/mol. The molecule has 2 aliphatic rings. The van der Waals surface area contributed by atoms with Gasteiger partial charge in [0.15, 0.2) is 22.4 Å². The Hall–Kier alpha value is -4.11. The van der Waals surface area contributed by atoms with Crippen LogP contribution in [0.15, 0.2) is 136 Å². The number of hydrogen-bond donors (Lipinski definition) is 1. The first-order valence-corrected chi connectivity index (χ1v) is 31.1. The van der Waals surface area contributed by atoms with Gasteiger partial charge in [0.1, 0.15) is 5.75 Å². The van der Waals surface area contributed by atoms with Crippen LogP contribution in [0.25, 0.3) is 11.1 Å². The Balaban J connectivity index is 1.05. The zero-order valence-corrected chi connectivity index (χ0v) is 47.0. The van der Waals surface area contributed by atoms with Gasteiger partial charge in [-0.2, -0.15) is 13.2 Å². The fourth-order valence-corrected chi connectivity index (χ4v) is 14.1. The first-order chi connectivity index (χ1) is 35.9.